The number of unbranched alkanes of at least 4 members (excludes halogenated alkanes) is 1. The zero-order valence-corrected chi connectivity index (χ0v) is 24.1. The molecular formula is C31H31FN4O4S. The Labute approximate surface area is 238 Å². The summed E-state index contributed by atoms with van der Waals surface area (Å²) in [5.41, 5.74) is 1.60. The van der Waals surface area contributed by atoms with Crippen molar-refractivity contribution in [3.8, 4) is 23.1 Å². The van der Waals surface area contributed by atoms with Gasteiger partial charge in [-0.05, 0) is 66.3 Å². The highest BCUT2D eigenvalue weighted by atomic mass is 32.2. The molecule has 0 saturated carbocycles. The van der Waals surface area contributed by atoms with Gasteiger partial charge in [-0.3, -0.25) is 9.36 Å². The summed E-state index contributed by atoms with van der Waals surface area (Å²) >= 11 is 0. The number of benzene rings is 2. The van der Waals surface area contributed by atoms with Crippen molar-refractivity contribution in [1.82, 2.24) is 14.5 Å². The first-order chi connectivity index (χ1) is 19.5. The third kappa shape index (κ3) is 5.77. The summed E-state index contributed by atoms with van der Waals surface area (Å²) in [6.07, 6.45) is 3.13. The molecule has 0 aliphatic carbocycles. The van der Waals surface area contributed by atoms with Gasteiger partial charge in [0.2, 0.25) is 21.7 Å². The van der Waals surface area contributed by atoms with E-state index < -0.39 is 38.2 Å². The predicted molar refractivity (Wildman–Crippen MR) is 153 cm³/mol. The first kappa shape index (κ1) is 29.6. The third-order valence-electron chi connectivity index (χ3n) is 7.04. The molecule has 0 saturated heterocycles. The number of nitriles is 1. The Hall–Kier alpha value is -4.36. The molecule has 0 spiro atoms. The average Bonchev–Trinajstić information content (AvgIpc) is 2.94. The monoisotopic (exact) mass is 574 g/mol. The van der Waals surface area contributed by atoms with E-state index in [9.17, 15) is 28.0 Å². The average molecular weight is 575 g/mol. The van der Waals surface area contributed by atoms with Crippen LogP contribution in [0.4, 0.5) is 4.39 Å². The SMILES string of the molecule is CCCCc1nc(O)c(S(=O)(=O)c2ccc(-c3ccnc(F)c3C)cc2)c(=O)n1C(c1cccc(C#N)c1)C(C)C. The van der Waals surface area contributed by atoms with Gasteiger partial charge in [0.15, 0.2) is 4.90 Å². The fourth-order valence-corrected chi connectivity index (χ4v) is 6.31. The molecule has 4 rings (SSSR count). The molecule has 10 heteroatoms. The molecule has 0 radical (unpaired) electrons. The number of rotatable bonds is 9. The lowest BCUT2D eigenvalue weighted by molar-refractivity contribution is 0.374. The van der Waals surface area contributed by atoms with E-state index >= 15 is 0 Å². The molecule has 41 heavy (non-hydrogen) atoms. The van der Waals surface area contributed by atoms with E-state index in [-0.39, 0.29) is 16.6 Å². The van der Waals surface area contributed by atoms with Gasteiger partial charge in [-0.25, -0.2) is 13.4 Å². The van der Waals surface area contributed by atoms with E-state index in [1.54, 1.807) is 37.3 Å². The Morgan fingerprint density at radius 3 is 2.46 bits per heavy atom. The largest absolute Gasteiger partial charge is 0.492 e. The summed E-state index contributed by atoms with van der Waals surface area (Å²) in [6.45, 7) is 7.34. The molecule has 1 atom stereocenters. The van der Waals surface area contributed by atoms with Gasteiger partial charge in [-0.2, -0.15) is 14.6 Å². The number of hydrogen-bond donors (Lipinski definition) is 1. The van der Waals surface area contributed by atoms with Gasteiger partial charge >= 0.3 is 0 Å². The number of sulfone groups is 1. The van der Waals surface area contributed by atoms with Gasteiger partial charge in [0.25, 0.3) is 5.56 Å². The van der Waals surface area contributed by atoms with Crippen molar-refractivity contribution in [3.05, 3.63) is 99.6 Å². The molecule has 0 fully saturated rings. The molecule has 1 N–H and O–H groups in total. The number of pyridine rings is 1. The second-order valence-corrected chi connectivity index (χ2v) is 12.1. The van der Waals surface area contributed by atoms with Crippen molar-refractivity contribution in [2.75, 3.05) is 0 Å². The Balaban J connectivity index is 1.91. The van der Waals surface area contributed by atoms with Crippen LogP contribution in [0.15, 0.2) is 75.4 Å². The standard InChI is InChI=1S/C31H31FN4O4S/c1-5-6-10-26-35-30(37)28(31(38)36(26)27(19(2)3)23-9-7-8-21(17-23)18-33)41(39,40)24-13-11-22(12-14-24)25-15-16-34-29(32)20(25)4/h7-9,11-17,19,27,37H,5-6,10H2,1-4H3. The van der Waals surface area contributed by atoms with Crippen LogP contribution in [0.1, 0.15) is 62.2 Å². The fraction of sp³-hybridized carbons (Fsp3) is 0.290. The highest BCUT2D eigenvalue weighted by Crippen LogP contribution is 2.32. The Kier molecular flexibility index (Phi) is 8.69. The summed E-state index contributed by atoms with van der Waals surface area (Å²) in [5, 5.41) is 20.3. The molecule has 2 aromatic heterocycles. The van der Waals surface area contributed by atoms with Crippen molar-refractivity contribution in [1.29, 1.82) is 5.26 Å². The molecule has 0 aliphatic heterocycles. The predicted octanol–water partition coefficient (Wildman–Crippen LogP) is 5.75. The molecule has 212 valence electrons. The van der Waals surface area contributed by atoms with E-state index in [1.165, 1.54) is 35.0 Å². The van der Waals surface area contributed by atoms with Crippen LogP contribution in [0.5, 0.6) is 5.88 Å². The van der Waals surface area contributed by atoms with Crippen molar-refractivity contribution in [2.24, 2.45) is 5.92 Å². The van der Waals surface area contributed by atoms with Crippen molar-refractivity contribution >= 4 is 9.84 Å². The van der Waals surface area contributed by atoms with Crippen molar-refractivity contribution in [3.63, 3.8) is 0 Å². The molecule has 0 aliphatic rings. The van der Waals surface area contributed by atoms with Crippen LogP contribution < -0.4 is 5.56 Å². The molecule has 1 unspecified atom stereocenters. The molecule has 0 amide bonds. The minimum absolute atomic E-state index is 0.188. The fourth-order valence-electron chi connectivity index (χ4n) is 4.96. The first-order valence-electron chi connectivity index (χ1n) is 13.3. The highest BCUT2D eigenvalue weighted by Gasteiger charge is 2.33. The molecule has 8 nitrogen and oxygen atoms in total. The van der Waals surface area contributed by atoms with E-state index in [4.69, 9.17) is 0 Å². The van der Waals surface area contributed by atoms with Crippen LogP contribution in [-0.2, 0) is 16.3 Å². The lowest BCUT2D eigenvalue weighted by atomic mass is 9.94. The van der Waals surface area contributed by atoms with E-state index in [0.29, 0.717) is 40.7 Å². The number of aromatic nitrogens is 3. The summed E-state index contributed by atoms with van der Waals surface area (Å²) in [6, 6.07) is 15.5. The summed E-state index contributed by atoms with van der Waals surface area (Å²) in [5.74, 6) is -1.41. The quantitative estimate of drug-likeness (QED) is 0.252. The van der Waals surface area contributed by atoms with Gasteiger partial charge < -0.3 is 5.11 Å². The number of aromatic hydroxyl groups is 1. The Morgan fingerprint density at radius 2 is 1.83 bits per heavy atom. The van der Waals surface area contributed by atoms with Crippen LogP contribution in [0.25, 0.3) is 11.1 Å². The van der Waals surface area contributed by atoms with E-state index in [0.717, 1.165) is 6.42 Å². The van der Waals surface area contributed by atoms with Crippen molar-refractivity contribution in [2.45, 2.75) is 62.8 Å². The van der Waals surface area contributed by atoms with Gasteiger partial charge in [-0.1, -0.05) is 51.5 Å². The minimum atomic E-state index is -4.52. The Morgan fingerprint density at radius 1 is 1.12 bits per heavy atom. The summed E-state index contributed by atoms with van der Waals surface area (Å²) in [4.78, 5) is 20.9. The number of nitrogens with zero attached hydrogens (tertiary/aromatic N) is 4. The maximum Gasteiger partial charge on any atom is 0.277 e. The molecule has 2 aromatic carbocycles. The number of halogens is 1. The number of aryl methyl sites for hydroxylation is 1. The summed E-state index contributed by atoms with van der Waals surface area (Å²) < 4.78 is 43.0. The second kappa shape index (κ2) is 12.0. The highest BCUT2D eigenvalue weighted by molar-refractivity contribution is 7.91. The van der Waals surface area contributed by atoms with Crippen LogP contribution >= 0.6 is 0 Å². The first-order valence-corrected chi connectivity index (χ1v) is 14.8. The lowest BCUT2D eigenvalue weighted by Gasteiger charge is -2.27. The second-order valence-electron chi connectivity index (χ2n) is 10.2. The van der Waals surface area contributed by atoms with Crippen LogP contribution in [0, 0.1) is 30.1 Å². The normalized spacial score (nSPS) is 12.3. The third-order valence-corrected chi connectivity index (χ3v) is 8.82. The smallest absolute Gasteiger partial charge is 0.277 e. The minimum Gasteiger partial charge on any atom is -0.492 e. The molecule has 2 heterocycles. The van der Waals surface area contributed by atoms with Gasteiger partial charge in [0, 0.05) is 18.2 Å². The van der Waals surface area contributed by atoms with Gasteiger partial charge in [0.05, 0.1) is 22.6 Å². The van der Waals surface area contributed by atoms with Gasteiger partial charge in [0.1, 0.15) is 5.82 Å². The van der Waals surface area contributed by atoms with E-state index in [1.807, 2.05) is 20.8 Å². The van der Waals surface area contributed by atoms with Crippen LogP contribution in [0.2, 0.25) is 0 Å². The topological polar surface area (TPSA) is 126 Å². The zero-order chi connectivity index (χ0) is 29.9. The maximum absolute atomic E-state index is 14.1. The maximum atomic E-state index is 14.1. The molecular weight excluding hydrogens is 543 g/mol. The molecule has 4 aromatic rings. The van der Waals surface area contributed by atoms with Crippen molar-refractivity contribution < 1.29 is 17.9 Å². The van der Waals surface area contributed by atoms with Gasteiger partial charge in [-0.15, -0.1) is 0 Å². The summed E-state index contributed by atoms with van der Waals surface area (Å²) in [7, 11) is -4.52. The molecule has 0 bridgehead atoms. The zero-order valence-electron chi connectivity index (χ0n) is 23.3. The van der Waals surface area contributed by atoms with E-state index in [2.05, 4.69) is 16.0 Å². The van der Waals surface area contributed by atoms with Crippen LogP contribution in [0.3, 0.4) is 0 Å². The lowest BCUT2D eigenvalue weighted by Crippen LogP contribution is -2.35. The van der Waals surface area contributed by atoms with Crippen LogP contribution in [-0.4, -0.2) is 28.1 Å². The Bertz CT molecular complexity index is 1790. The number of hydrogen-bond acceptors (Lipinski definition) is 7.